The summed E-state index contributed by atoms with van der Waals surface area (Å²) in [6.07, 6.45) is 1.50. The van der Waals surface area contributed by atoms with Gasteiger partial charge in [-0.05, 0) is 19.1 Å². The SMILES string of the molecule is Cc1nc(N)cc(-c2ccnc(C(N)=O)c2)n1. The third-order valence-corrected chi connectivity index (χ3v) is 2.17. The van der Waals surface area contributed by atoms with E-state index in [4.69, 9.17) is 11.5 Å². The lowest BCUT2D eigenvalue weighted by Crippen LogP contribution is -2.12. The molecule has 0 atom stereocenters. The summed E-state index contributed by atoms with van der Waals surface area (Å²) in [7, 11) is 0. The Morgan fingerprint density at radius 1 is 1.29 bits per heavy atom. The number of nitrogens with two attached hydrogens (primary N) is 2. The van der Waals surface area contributed by atoms with Crippen LogP contribution in [-0.4, -0.2) is 20.9 Å². The number of carbonyl (C=O) groups excluding carboxylic acids is 1. The molecule has 17 heavy (non-hydrogen) atoms. The molecule has 2 heterocycles. The number of primary amides is 1. The molecule has 2 aromatic rings. The van der Waals surface area contributed by atoms with Gasteiger partial charge in [-0.15, -0.1) is 0 Å². The van der Waals surface area contributed by atoms with E-state index < -0.39 is 5.91 Å². The second-order valence-electron chi connectivity index (χ2n) is 3.52. The topological polar surface area (TPSA) is 108 Å². The van der Waals surface area contributed by atoms with Crippen molar-refractivity contribution in [2.45, 2.75) is 6.92 Å². The monoisotopic (exact) mass is 229 g/mol. The van der Waals surface area contributed by atoms with Crippen LogP contribution < -0.4 is 11.5 Å². The quantitative estimate of drug-likeness (QED) is 0.780. The molecule has 86 valence electrons. The summed E-state index contributed by atoms with van der Waals surface area (Å²) in [5.74, 6) is 0.368. The van der Waals surface area contributed by atoms with Gasteiger partial charge in [-0.1, -0.05) is 0 Å². The number of pyridine rings is 1. The molecule has 6 heteroatoms. The van der Waals surface area contributed by atoms with E-state index in [0.29, 0.717) is 17.3 Å². The minimum Gasteiger partial charge on any atom is -0.384 e. The lowest BCUT2D eigenvalue weighted by molar-refractivity contribution is 0.0995. The predicted molar refractivity (Wildman–Crippen MR) is 62.9 cm³/mol. The first-order chi connectivity index (χ1) is 8.06. The minimum absolute atomic E-state index is 0.192. The maximum Gasteiger partial charge on any atom is 0.267 e. The van der Waals surface area contributed by atoms with Crippen LogP contribution in [0.25, 0.3) is 11.3 Å². The van der Waals surface area contributed by atoms with Gasteiger partial charge in [0.05, 0.1) is 5.69 Å². The minimum atomic E-state index is -0.578. The first-order valence-electron chi connectivity index (χ1n) is 4.93. The van der Waals surface area contributed by atoms with E-state index >= 15 is 0 Å². The maximum atomic E-state index is 11.0. The maximum absolute atomic E-state index is 11.0. The average Bonchev–Trinajstić information content (AvgIpc) is 2.28. The number of carbonyl (C=O) groups is 1. The van der Waals surface area contributed by atoms with Gasteiger partial charge in [0.25, 0.3) is 5.91 Å². The smallest absolute Gasteiger partial charge is 0.267 e. The number of aryl methyl sites for hydroxylation is 1. The zero-order valence-electron chi connectivity index (χ0n) is 9.21. The Hall–Kier alpha value is -2.50. The summed E-state index contributed by atoms with van der Waals surface area (Å²) >= 11 is 0. The van der Waals surface area contributed by atoms with Gasteiger partial charge >= 0.3 is 0 Å². The van der Waals surface area contributed by atoms with Crippen LogP contribution in [0.15, 0.2) is 24.4 Å². The van der Waals surface area contributed by atoms with Crippen LogP contribution >= 0.6 is 0 Å². The number of rotatable bonds is 2. The van der Waals surface area contributed by atoms with Gasteiger partial charge in [0, 0.05) is 17.8 Å². The van der Waals surface area contributed by atoms with Gasteiger partial charge in [-0.3, -0.25) is 9.78 Å². The molecule has 2 rings (SSSR count). The summed E-state index contributed by atoms with van der Waals surface area (Å²) in [4.78, 5) is 23.1. The highest BCUT2D eigenvalue weighted by atomic mass is 16.1. The highest BCUT2D eigenvalue weighted by Gasteiger charge is 2.07. The zero-order chi connectivity index (χ0) is 12.4. The van der Waals surface area contributed by atoms with Crippen molar-refractivity contribution in [3.63, 3.8) is 0 Å². The number of aromatic nitrogens is 3. The molecule has 0 spiro atoms. The highest BCUT2D eigenvalue weighted by Crippen LogP contribution is 2.18. The second kappa shape index (κ2) is 4.17. The van der Waals surface area contributed by atoms with Crippen molar-refractivity contribution in [3.8, 4) is 11.3 Å². The van der Waals surface area contributed by atoms with E-state index in [0.717, 1.165) is 5.56 Å². The fourth-order valence-corrected chi connectivity index (χ4v) is 1.46. The van der Waals surface area contributed by atoms with Crippen LogP contribution in [0.4, 0.5) is 5.82 Å². The molecule has 1 amide bonds. The Balaban J connectivity index is 2.52. The molecular weight excluding hydrogens is 218 g/mol. The Kier molecular flexibility index (Phi) is 2.70. The number of nitrogen functional groups attached to an aromatic ring is 1. The van der Waals surface area contributed by atoms with Crippen LogP contribution in [0.2, 0.25) is 0 Å². The van der Waals surface area contributed by atoms with Gasteiger partial charge in [0.1, 0.15) is 17.3 Å². The first kappa shape index (κ1) is 11.0. The van der Waals surface area contributed by atoms with Crippen LogP contribution in [-0.2, 0) is 0 Å². The van der Waals surface area contributed by atoms with Crippen LogP contribution in [0, 0.1) is 6.92 Å². The molecular formula is C11H11N5O. The molecule has 0 saturated carbocycles. The number of hydrogen-bond donors (Lipinski definition) is 2. The van der Waals surface area contributed by atoms with E-state index in [1.54, 1.807) is 25.1 Å². The van der Waals surface area contributed by atoms with Gasteiger partial charge in [-0.2, -0.15) is 0 Å². The van der Waals surface area contributed by atoms with E-state index in [2.05, 4.69) is 15.0 Å². The van der Waals surface area contributed by atoms with Crippen molar-refractivity contribution in [1.29, 1.82) is 0 Å². The summed E-state index contributed by atoms with van der Waals surface area (Å²) in [6.45, 7) is 1.75. The standard InChI is InChI=1S/C11H11N5O/c1-6-15-8(5-10(12)16-6)7-2-3-14-9(4-7)11(13)17/h2-5H,1H3,(H2,13,17)(H2,12,15,16). The summed E-state index contributed by atoms with van der Waals surface area (Å²) in [6, 6.07) is 4.93. The lowest BCUT2D eigenvalue weighted by Gasteiger charge is -2.04. The Labute approximate surface area is 97.7 Å². The first-order valence-corrected chi connectivity index (χ1v) is 4.93. The number of hydrogen-bond acceptors (Lipinski definition) is 5. The number of anilines is 1. The number of amides is 1. The van der Waals surface area contributed by atoms with Crippen molar-refractivity contribution < 1.29 is 4.79 Å². The van der Waals surface area contributed by atoms with Crippen molar-refractivity contribution in [1.82, 2.24) is 15.0 Å². The molecule has 0 saturated heterocycles. The van der Waals surface area contributed by atoms with E-state index in [1.165, 1.54) is 6.20 Å². The van der Waals surface area contributed by atoms with E-state index in [9.17, 15) is 4.79 Å². The third kappa shape index (κ3) is 2.36. The van der Waals surface area contributed by atoms with Crippen LogP contribution in [0.3, 0.4) is 0 Å². The van der Waals surface area contributed by atoms with Crippen LogP contribution in [0.1, 0.15) is 16.3 Å². The molecule has 0 aliphatic heterocycles. The van der Waals surface area contributed by atoms with Crippen molar-refractivity contribution in [2.24, 2.45) is 5.73 Å². The summed E-state index contributed by atoms with van der Waals surface area (Å²) in [5, 5.41) is 0. The average molecular weight is 229 g/mol. The zero-order valence-corrected chi connectivity index (χ0v) is 9.21. The normalized spacial score (nSPS) is 10.2. The molecule has 6 nitrogen and oxygen atoms in total. The molecule has 0 fully saturated rings. The molecule has 2 aromatic heterocycles. The van der Waals surface area contributed by atoms with Crippen LogP contribution in [0.5, 0.6) is 0 Å². The van der Waals surface area contributed by atoms with Crippen molar-refractivity contribution >= 4 is 11.7 Å². The molecule has 0 aliphatic carbocycles. The molecule has 0 aromatic carbocycles. The fraction of sp³-hybridized carbons (Fsp3) is 0.0909. The van der Waals surface area contributed by atoms with Gasteiger partial charge in [0.2, 0.25) is 0 Å². The van der Waals surface area contributed by atoms with Crippen molar-refractivity contribution in [2.75, 3.05) is 5.73 Å². The predicted octanol–water partition coefficient (Wildman–Crippen LogP) is 0.528. The van der Waals surface area contributed by atoms with E-state index in [1.807, 2.05) is 0 Å². The molecule has 0 unspecified atom stereocenters. The molecule has 0 bridgehead atoms. The van der Waals surface area contributed by atoms with Gasteiger partial charge in [-0.25, -0.2) is 9.97 Å². The number of nitrogens with zero attached hydrogens (tertiary/aromatic N) is 3. The largest absolute Gasteiger partial charge is 0.384 e. The third-order valence-electron chi connectivity index (χ3n) is 2.17. The Morgan fingerprint density at radius 2 is 2.06 bits per heavy atom. The van der Waals surface area contributed by atoms with E-state index in [-0.39, 0.29) is 5.69 Å². The molecule has 0 radical (unpaired) electrons. The molecule has 4 N–H and O–H groups in total. The second-order valence-corrected chi connectivity index (χ2v) is 3.52. The Bertz CT molecular complexity index is 562. The Morgan fingerprint density at radius 3 is 2.71 bits per heavy atom. The van der Waals surface area contributed by atoms with Crippen molar-refractivity contribution in [3.05, 3.63) is 35.9 Å². The molecule has 0 aliphatic rings. The van der Waals surface area contributed by atoms with Gasteiger partial charge < -0.3 is 11.5 Å². The van der Waals surface area contributed by atoms with Gasteiger partial charge in [0.15, 0.2) is 0 Å². The highest BCUT2D eigenvalue weighted by molar-refractivity contribution is 5.91. The fourth-order valence-electron chi connectivity index (χ4n) is 1.46. The lowest BCUT2D eigenvalue weighted by atomic mass is 10.1. The summed E-state index contributed by atoms with van der Waals surface area (Å²) < 4.78 is 0. The summed E-state index contributed by atoms with van der Waals surface area (Å²) in [5.41, 5.74) is 12.4.